The third-order valence-electron chi connectivity index (χ3n) is 8.45. The molecule has 2 atom stereocenters. The lowest BCUT2D eigenvalue weighted by atomic mass is 9.85. The number of hydrogen-bond acceptors (Lipinski definition) is 7. The Kier molecular flexibility index (Phi) is 10.6. The van der Waals surface area contributed by atoms with Crippen LogP contribution in [0.4, 0.5) is 0 Å². The van der Waals surface area contributed by atoms with E-state index in [1.54, 1.807) is 60.7 Å². The van der Waals surface area contributed by atoms with Gasteiger partial charge in [-0.05, 0) is 64.9 Å². The summed E-state index contributed by atoms with van der Waals surface area (Å²) in [7, 11) is -3.83. The molecule has 0 radical (unpaired) electrons. The van der Waals surface area contributed by atoms with Crippen LogP contribution in [0.5, 0.6) is 5.75 Å². The van der Waals surface area contributed by atoms with E-state index in [0.29, 0.717) is 34.9 Å². The first-order valence-electron chi connectivity index (χ1n) is 15.8. The molecule has 5 aromatic rings. The van der Waals surface area contributed by atoms with Gasteiger partial charge in [-0.25, -0.2) is 13.4 Å². The Morgan fingerprint density at radius 2 is 1.65 bits per heavy atom. The number of nitrogens with one attached hydrogen (secondary N) is 1. The number of rotatable bonds is 13. The highest BCUT2D eigenvalue weighted by atomic mass is 35.5. The van der Waals surface area contributed by atoms with Crippen molar-refractivity contribution in [2.45, 2.75) is 35.9 Å². The number of carbonyl (C=O) groups is 1. The van der Waals surface area contributed by atoms with Gasteiger partial charge < -0.3 is 19.9 Å². The van der Waals surface area contributed by atoms with Gasteiger partial charge in [0.1, 0.15) is 5.75 Å². The number of aliphatic imine (C=N–C) groups is 1. The summed E-state index contributed by atoms with van der Waals surface area (Å²) >= 11 is 13.0. The number of carbonyl (C=O) groups excluding carboxylic acids is 1. The highest BCUT2D eigenvalue weighted by Crippen LogP contribution is 2.45. The van der Waals surface area contributed by atoms with Crippen molar-refractivity contribution in [3.05, 3.63) is 142 Å². The molecule has 49 heavy (non-hydrogen) atoms. The lowest BCUT2D eigenvalue weighted by Gasteiger charge is -2.31. The number of hydrogen-bond donors (Lipinski definition) is 2. The number of aliphatic hydroxyl groups excluding tert-OH is 1. The fraction of sp³-hybridized carbons (Fsp3) is 0.211. The van der Waals surface area contributed by atoms with E-state index in [-0.39, 0.29) is 35.4 Å². The molecule has 0 aliphatic carbocycles. The Bertz CT molecular complexity index is 2090. The quantitative estimate of drug-likeness (QED) is 0.123. The predicted octanol–water partition coefficient (Wildman–Crippen LogP) is 7.35. The number of nitrogens with zero attached hydrogens (tertiary/aromatic N) is 1. The summed E-state index contributed by atoms with van der Waals surface area (Å²) in [5.41, 5.74) is 0.139. The molecular weight excluding hydrogens is 683 g/mol. The zero-order chi connectivity index (χ0) is 34.4. The summed E-state index contributed by atoms with van der Waals surface area (Å²) < 4.78 is 39.5. The minimum atomic E-state index is -3.83. The molecule has 252 valence electrons. The number of halogens is 2. The van der Waals surface area contributed by atoms with Crippen LogP contribution < -0.4 is 10.1 Å². The summed E-state index contributed by atoms with van der Waals surface area (Å²) in [5.74, 6) is -0.173. The van der Waals surface area contributed by atoms with Crippen molar-refractivity contribution in [3.8, 4) is 5.75 Å². The highest BCUT2D eigenvalue weighted by molar-refractivity contribution is 7.91. The van der Waals surface area contributed by atoms with Crippen LogP contribution in [0.3, 0.4) is 0 Å². The van der Waals surface area contributed by atoms with E-state index in [0.717, 1.165) is 16.3 Å². The van der Waals surface area contributed by atoms with E-state index in [9.17, 15) is 13.2 Å². The van der Waals surface area contributed by atoms with Gasteiger partial charge in [0.2, 0.25) is 5.90 Å². The number of sulfone groups is 1. The van der Waals surface area contributed by atoms with Crippen molar-refractivity contribution in [1.29, 1.82) is 0 Å². The topological polar surface area (TPSA) is 114 Å². The van der Waals surface area contributed by atoms with Gasteiger partial charge in [0.05, 0.1) is 17.3 Å². The van der Waals surface area contributed by atoms with Crippen LogP contribution in [0.15, 0.2) is 125 Å². The third-order valence-corrected chi connectivity index (χ3v) is 10.7. The Balaban J connectivity index is 1.42. The molecule has 2 N–H and O–H groups in total. The molecule has 8 nitrogen and oxygen atoms in total. The van der Waals surface area contributed by atoms with Gasteiger partial charge >= 0.3 is 0 Å². The molecule has 1 amide bonds. The molecule has 1 aliphatic rings. The van der Waals surface area contributed by atoms with E-state index in [1.807, 2.05) is 42.5 Å². The molecule has 6 rings (SSSR count). The summed E-state index contributed by atoms with van der Waals surface area (Å²) in [6.07, 6.45) is -0.809. The molecule has 1 heterocycles. The van der Waals surface area contributed by atoms with Gasteiger partial charge in [-0.2, -0.15) is 0 Å². The number of benzene rings is 5. The molecule has 0 saturated heterocycles. The smallest absolute Gasteiger partial charge is 0.252 e. The minimum absolute atomic E-state index is 0.0159. The maximum Gasteiger partial charge on any atom is 0.252 e. The molecule has 0 bridgehead atoms. The first-order chi connectivity index (χ1) is 23.7. The highest BCUT2D eigenvalue weighted by Gasteiger charge is 2.54. The molecule has 0 aromatic heterocycles. The first kappa shape index (κ1) is 34.5. The van der Waals surface area contributed by atoms with E-state index >= 15 is 0 Å². The molecule has 5 aromatic carbocycles. The maximum atomic E-state index is 14.7. The lowest BCUT2D eigenvalue weighted by Crippen LogP contribution is -2.49. The van der Waals surface area contributed by atoms with E-state index in [2.05, 4.69) is 5.32 Å². The summed E-state index contributed by atoms with van der Waals surface area (Å²) in [5, 5.41) is 14.8. The Morgan fingerprint density at radius 3 is 2.41 bits per heavy atom. The van der Waals surface area contributed by atoms with Gasteiger partial charge in [-0.15, -0.1) is 0 Å². The van der Waals surface area contributed by atoms with Crippen LogP contribution in [-0.2, 0) is 25.9 Å². The van der Waals surface area contributed by atoms with Gasteiger partial charge in [0.25, 0.3) is 5.91 Å². The van der Waals surface area contributed by atoms with Crippen molar-refractivity contribution in [1.82, 2.24) is 5.32 Å². The van der Waals surface area contributed by atoms with Crippen LogP contribution in [0.2, 0.25) is 10.0 Å². The summed E-state index contributed by atoms with van der Waals surface area (Å²) in [6, 6.07) is 33.7. The van der Waals surface area contributed by atoms with Crippen LogP contribution in [0, 0.1) is 0 Å². The van der Waals surface area contributed by atoms with Crippen molar-refractivity contribution >= 4 is 55.6 Å². The summed E-state index contributed by atoms with van der Waals surface area (Å²) in [4.78, 5) is 19.7. The number of aliphatic hydroxyl groups is 1. The van der Waals surface area contributed by atoms with Crippen LogP contribution in [0.1, 0.15) is 35.6 Å². The first-order valence-corrected chi connectivity index (χ1v) is 18.2. The summed E-state index contributed by atoms with van der Waals surface area (Å²) in [6.45, 7) is 0.529. The number of fused-ring (bicyclic) bond motifs is 1. The molecule has 0 spiro atoms. The maximum absolute atomic E-state index is 14.7. The standard InChI is InChI=1S/C38H34Cl2N2O6S/c39-29-16-19-33(34(40)24-29)35-38(20-23-49(45,46)31-11-2-1-3-12-31,37(44)41-25-28-10-6-9-26-8-4-5-13-32(26)28)42-36(48-35)27-14-17-30(18-15-27)47-22-7-21-43/h1-6,8-19,24,35,43H,7,20-23,25H2,(H,41,44)/t35-,38-/m1/s1. The largest absolute Gasteiger partial charge is 0.494 e. The second-order valence-corrected chi connectivity index (χ2v) is 14.6. The van der Waals surface area contributed by atoms with Crippen molar-refractivity contribution in [2.75, 3.05) is 19.0 Å². The molecular formula is C38H34Cl2N2O6S. The number of amides is 1. The molecule has 0 unspecified atom stereocenters. The minimum Gasteiger partial charge on any atom is -0.494 e. The predicted molar refractivity (Wildman–Crippen MR) is 192 cm³/mol. The second-order valence-electron chi connectivity index (χ2n) is 11.7. The van der Waals surface area contributed by atoms with Crippen LogP contribution >= 0.6 is 23.2 Å². The molecule has 0 fully saturated rings. The van der Waals surface area contributed by atoms with Crippen LogP contribution in [0.25, 0.3) is 10.8 Å². The molecule has 11 heteroatoms. The van der Waals surface area contributed by atoms with Crippen molar-refractivity contribution in [3.63, 3.8) is 0 Å². The fourth-order valence-corrected chi connectivity index (χ4v) is 7.77. The lowest BCUT2D eigenvalue weighted by molar-refractivity contribution is -0.129. The van der Waals surface area contributed by atoms with Crippen molar-refractivity contribution < 1.29 is 27.8 Å². The van der Waals surface area contributed by atoms with Crippen LogP contribution in [-0.4, -0.2) is 49.8 Å². The second kappa shape index (κ2) is 15.0. The van der Waals surface area contributed by atoms with Gasteiger partial charge in [0.15, 0.2) is 21.5 Å². The Hall–Kier alpha value is -4.41. The van der Waals surface area contributed by atoms with Crippen molar-refractivity contribution in [2.24, 2.45) is 4.99 Å². The monoisotopic (exact) mass is 716 g/mol. The van der Waals surface area contributed by atoms with Gasteiger partial charge in [-0.1, -0.05) is 89.9 Å². The SMILES string of the molecule is O=C(NCc1cccc2ccccc12)[C@]1(CCS(=O)(=O)c2ccccc2)N=C(c2ccc(OCCCO)cc2)O[C@@H]1c1ccc(Cl)cc1Cl. The number of ether oxygens (including phenoxy) is 2. The third kappa shape index (κ3) is 7.60. The Labute approximate surface area is 295 Å². The molecule has 1 aliphatic heterocycles. The average molecular weight is 718 g/mol. The van der Waals surface area contributed by atoms with Gasteiger partial charge in [0, 0.05) is 47.2 Å². The fourth-order valence-electron chi connectivity index (χ4n) is 5.87. The average Bonchev–Trinajstić information content (AvgIpc) is 3.51. The zero-order valence-corrected chi connectivity index (χ0v) is 28.7. The van der Waals surface area contributed by atoms with E-state index < -0.39 is 33.1 Å². The molecule has 0 saturated carbocycles. The zero-order valence-electron chi connectivity index (χ0n) is 26.4. The van der Waals surface area contributed by atoms with E-state index in [1.165, 1.54) is 12.1 Å². The Morgan fingerprint density at radius 1 is 0.918 bits per heavy atom. The normalized spacial score (nSPS) is 17.4. The van der Waals surface area contributed by atoms with Gasteiger partial charge in [-0.3, -0.25) is 4.79 Å². The van der Waals surface area contributed by atoms with E-state index in [4.69, 9.17) is 42.8 Å².